The van der Waals surface area contributed by atoms with Crippen molar-refractivity contribution in [1.82, 2.24) is 10.3 Å². The normalized spacial score (nSPS) is 30.6. The molecule has 0 saturated carbocycles. The predicted molar refractivity (Wildman–Crippen MR) is 63.6 cm³/mol. The van der Waals surface area contributed by atoms with Gasteiger partial charge in [0.25, 0.3) is 0 Å². The van der Waals surface area contributed by atoms with Crippen LogP contribution >= 0.6 is 11.3 Å². The van der Waals surface area contributed by atoms with E-state index in [9.17, 15) is 0 Å². The third-order valence-corrected chi connectivity index (χ3v) is 4.50. The smallest absolute Gasteiger partial charge is 0.185 e. The number of fused-ring (bicyclic) bond motifs is 1. The minimum atomic E-state index is 0.711. The monoisotopic (exact) mass is 223 g/mol. The Morgan fingerprint density at radius 3 is 3.20 bits per heavy atom. The van der Waals surface area contributed by atoms with E-state index in [1.165, 1.54) is 31.1 Å². The van der Waals surface area contributed by atoms with Crippen LogP contribution in [0.3, 0.4) is 0 Å². The van der Waals surface area contributed by atoms with E-state index in [1.807, 2.05) is 0 Å². The standard InChI is InChI=1S/C11H17N3S/c1-8-7-15-11(13-8)14-5-9-3-2-4-12-10(9)6-14/h7,9-10,12H,2-6H2,1H3. The first-order chi connectivity index (χ1) is 7.33. The summed E-state index contributed by atoms with van der Waals surface area (Å²) in [5.74, 6) is 0.850. The maximum atomic E-state index is 4.57. The van der Waals surface area contributed by atoms with E-state index in [-0.39, 0.29) is 0 Å². The lowest BCUT2D eigenvalue weighted by molar-refractivity contribution is 0.340. The van der Waals surface area contributed by atoms with Gasteiger partial charge in [0.1, 0.15) is 0 Å². The van der Waals surface area contributed by atoms with Gasteiger partial charge in [0.05, 0.1) is 5.69 Å². The highest BCUT2D eigenvalue weighted by molar-refractivity contribution is 7.13. The first-order valence-corrected chi connectivity index (χ1v) is 6.61. The molecule has 0 radical (unpaired) electrons. The Hall–Kier alpha value is -0.610. The first kappa shape index (κ1) is 9.60. The van der Waals surface area contributed by atoms with Crippen LogP contribution in [0.1, 0.15) is 18.5 Å². The van der Waals surface area contributed by atoms with Crippen molar-refractivity contribution in [2.24, 2.45) is 5.92 Å². The van der Waals surface area contributed by atoms with Gasteiger partial charge in [-0.2, -0.15) is 0 Å². The number of nitrogens with zero attached hydrogens (tertiary/aromatic N) is 2. The Balaban J connectivity index is 1.74. The molecule has 2 saturated heterocycles. The average molecular weight is 223 g/mol. The van der Waals surface area contributed by atoms with Crippen LogP contribution in [0.15, 0.2) is 5.38 Å². The van der Waals surface area contributed by atoms with Gasteiger partial charge in [0, 0.05) is 24.5 Å². The molecule has 0 aromatic carbocycles. The summed E-state index contributed by atoms with van der Waals surface area (Å²) in [7, 11) is 0. The third-order valence-electron chi connectivity index (χ3n) is 3.48. The Labute approximate surface area is 94.5 Å². The molecule has 0 amide bonds. The highest BCUT2D eigenvalue weighted by Crippen LogP contribution is 2.30. The fraction of sp³-hybridized carbons (Fsp3) is 0.727. The van der Waals surface area contributed by atoms with Crippen LogP contribution in [0.2, 0.25) is 0 Å². The van der Waals surface area contributed by atoms with Gasteiger partial charge in [-0.15, -0.1) is 11.3 Å². The number of aryl methyl sites for hydroxylation is 1. The average Bonchev–Trinajstić information content (AvgIpc) is 2.82. The van der Waals surface area contributed by atoms with Gasteiger partial charge in [-0.3, -0.25) is 0 Å². The van der Waals surface area contributed by atoms with Gasteiger partial charge in [-0.05, 0) is 32.2 Å². The first-order valence-electron chi connectivity index (χ1n) is 5.73. The quantitative estimate of drug-likeness (QED) is 0.784. The highest BCUT2D eigenvalue weighted by atomic mass is 32.1. The zero-order valence-electron chi connectivity index (χ0n) is 9.07. The molecule has 1 aromatic heterocycles. The minimum absolute atomic E-state index is 0.711. The molecule has 0 aliphatic carbocycles. The van der Waals surface area contributed by atoms with Crippen molar-refractivity contribution in [2.45, 2.75) is 25.8 Å². The maximum absolute atomic E-state index is 4.57. The predicted octanol–water partition coefficient (Wildman–Crippen LogP) is 1.64. The molecule has 3 heterocycles. The number of thiazole rings is 1. The molecular weight excluding hydrogens is 206 g/mol. The summed E-state index contributed by atoms with van der Waals surface area (Å²) >= 11 is 1.78. The van der Waals surface area contributed by atoms with Crippen LogP contribution in [-0.4, -0.2) is 30.7 Å². The molecule has 0 bridgehead atoms. The molecule has 2 fully saturated rings. The molecule has 3 nitrogen and oxygen atoms in total. The molecule has 82 valence electrons. The summed E-state index contributed by atoms with van der Waals surface area (Å²) in [6, 6.07) is 0.711. The fourth-order valence-electron chi connectivity index (χ4n) is 2.69. The summed E-state index contributed by atoms with van der Waals surface area (Å²) < 4.78 is 0. The lowest BCUT2D eigenvalue weighted by Gasteiger charge is -2.24. The number of hydrogen-bond donors (Lipinski definition) is 1. The Kier molecular flexibility index (Phi) is 2.41. The van der Waals surface area contributed by atoms with Crippen molar-refractivity contribution in [3.05, 3.63) is 11.1 Å². The second-order valence-corrected chi connectivity index (χ2v) is 5.48. The van der Waals surface area contributed by atoms with E-state index in [4.69, 9.17) is 0 Å². The molecule has 15 heavy (non-hydrogen) atoms. The Morgan fingerprint density at radius 2 is 2.47 bits per heavy atom. The van der Waals surface area contributed by atoms with E-state index in [2.05, 4.69) is 27.5 Å². The molecule has 2 aliphatic heterocycles. The number of nitrogens with one attached hydrogen (secondary N) is 1. The Morgan fingerprint density at radius 1 is 1.53 bits per heavy atom. The largest absolute Gasteiger partial charge is 0.346 e. The summed E-state index contributed by atoms with van der Waals surface area (Å²) in [5, 5.41) is 6.98. The number of anilines is 1. The Bertz CT molecular complexity index is 335. The maximum Gasteiger partial charge on any atom is 0.185 e. The number of rotatable bonds is 1. The number of aromatic nitrogens is 1. The van der Waals surface area contributed by atoms with E-state index in [1.54, 1.807) is 11.3 Å². The molecule has 2 atom stereocenters. The molecule has 4 heteroatoms. The van der Waals surface area contributed by atoms with Gasteiger partial charge >= 0.3 is 0 Å². The zero-order chi connectivity index (χ0) is 10.3. The fourth-order valence-corrected chi connectivity index (χ4v) is 3.51. The van der Waals surface area contributed by atoms with Crippen molar-refractivity contribution in [2.75, 3.05) is 24.5 Å². The van der Waals surface area contributed by atoms with Gasteiger partial charge in [-0.25, -0.2) is 4.98 Å². The lowest BCUT2D eigenvalue weighted by atomic mass is 9.94. The van der Waals surface area contributed by atoms with Gasteiger partial charge in [0.15, 0.2) is 5.13 Å². The summed E-state index contributed by atoms with van der Waals surface area (Å²) in [6.45, 7) is 5.62. The van der Waals surface area contributed by atoms with Crippen molar-refractivity contribution in [3.8, 4) is 0 Å². The van der Waals surface area contributed by atoms with Crippen molar-refractivity contribution in [3.63, 3.8) is 0 Å². The van der Waals surface area contributed by atoms with E-state index in [0.717, 1.165) is 18.2 Å². The van der Waals surface area contributed by atoms with E-state index in [0.29, 0.717) is 6.04 Å². The van der Waals surface area contributed by atoms with Crippen molar-refractivity contribution >= 4 is 16.5 Å². The van der Waals surface area contributed by atoms with Crippen LogP contribution in [0.4, 0.5) is 5.13 Å². The molecule has 2 aliphatic rings. The summed E-state index contributed by atoms with van der Waals surface area (Å²) in [4.78, 5) is 7.02. The van der Waals surface area contributed by atoms with Crippen LogP contribution in [0.25, 0.3) is 0 Å². The second-order valence-electron chi connectivity index (χ2n) is 4.64. The summed E-state index contributed by atoms with van der Waals surface area (Å²) in [5.41, 5.74) is 1.15. The minimum Gasteiger partial charge on any atom is -0.346 e. The van der Waals surface area contributed by atoms with Gasteiger partial charge < -0.3 is 10.2 Å². The summed E-state index contributed by atoms with van der Waals surface area (Å²) in [6.07, 6.45) is 2.73. The third kappa shape index (κ3) is 1.76. The van der Waals surface area contributed by atoms with Crippen molar-refractivity contribution in [1.29, 1.82) is 0 Å². The van der Waals surface area contributed by atoms with Gasteiger partial charge in [-0.1, -0.05) is 0 Å². The molecule has 0 spiro atoms. The van der Waals surface area contributed by atoms with Crippen LogP contribution in [-0.2, 0) is 0 Å². The highest BCUT2D eigenvalue weighted by Gasteiger charge is 2.35. The molecule has 1 aromatic rings. The molecule has 3 rings (SSSR count). The van der Waals surface area contributed by atoms with Crippen LogP contribution in [0.5, 0.6) is 0 Å². The number of hydrogen-bond acceptors (Lipinski definition) is 4. The SMILES string of the molecule is Cc1csc(N2CC3CCCNC3C2)n1. The van der Waals surface area contributed by atoms with Gasteiger partial charge in [0.2, 0.25) is 0 Å². The molecule has 2 unspecified atom stereocenters. The molecule has 1 N–H and O–H groups in total. The van der Waals surface area contributed by atoms with E-state index < -0.39 is 0 Å². The number of piperidine rings is 1. The zero-order valence-corrected chi connectivity index (χ0v) is 9.89. The lowest BCUT2D eigenvalue weighted by Crippen LogP contribution is -2.40. The molecular formula is C11H17N3S. The van der Waals surface area contributed by atoms with Crippen LogP contribution in [0, 0.1) is 12.8 Å². The second kappa shape index (κ2) is 3.76. The topological polar surface area (TPSA) is 28.2 Å². The van der Waals surface area contributed by atoms with Crippen molar-refractivity contribution < 1.29 is 0 Å². The van der Waals surface area contributed by atoms with E-state index >= 15 is 0 Å². The van der Waals surface area contributed by atoms with Crippen LogP contribution < -0.4 is 10.2 Å².